The van der Waals surface area contributed by atoms with Gasteiger partial charge in [0, 0.05) is 5.69 Å². The van der Waals surface area contributed by atoms with E-state index >= 15 is 0 Å². The third kappa shape index (κ3) is 2.87. The molecule has 2 aromatic carbocycles. The van der Waals surface area contributed by atoms with Crippen LogP contribution in [0.15, 0.2) is 36.4 Å². The van der Waals surface area contributed by atoms with Gasteiger partial charge in [0.1, 0.15) is 5.82 Å². The molecule has 0 fully saturated rings. The molecule has 0 bridgehead atoms. The van der Waals surface area contributed by atoms with Gasteiger partial charge < -0.3 is 11.1 Å². The molecule has 0 aliphatic carbocycles. The summed E-state index contributed by atoms with van der Waals surface area (Å²) in [6.45, 7) is 0. The summed E-state index contributed by atoms with van der Waals surface area (Å²) in [5.74, 6) is -1.38. The first-order chi connectivity index (χ1) is 9.51. The summed E-state index contributed by atoms with van der Waals surface area (Å²) in [7, 11) is 0. The quantitative estimate of drug-likeness (QED) is 0.833. The number of hydrogen-bond acceptors (Lipinski definition) is 3. The van der Waals surface area contributed by atoms with Crippen molar-refractivity contribution in [3.05, 3.63) is 58.4 Å². The van der Waals surface area contributed by atoms with Crippen LogP contribution in [0.2, 0.25) is 5.02 Å². The highest BCUT2D eigenvalue weighted by atomic mass is 35.5. The van der Waals surface area contributed by atoms with E-state index in [-0.39, 0.29) is 22.0 Å². The monoisotopic (exact) mass is 289 g/mol. The Balaban J connectivity index is 2.33. The number of rotatable bonds is 2. The zero-order valence-corrected chi connectivity index (χ0v) is 10.9. The van der Waals surface area contributed by atoms with Crippen LogP contribution in [0.25, 0.3) is 0 Å². The molecule has 0 aromatic heterocycles. The van der Waals surface area contributed by atoms with Crippen molar-refractivity contribution < 1.29 is 9.18 Å². The number of nitrogens with one attached hydrogen (secondary N) is 1. The maximum Gasteiger partial charge on any atom is 0.258 e. The summed E-state index contributed by atoms with van der Waals surface area (Å²) in [5.41, 5.74) is 6.16. The lowest BCUT2D eigenvalue weighted by Crippen LogP contribution is -2.14. The first-order valence-corrected chi connectivity index (χ1v) is 5.95. The van der Waals surface area contributed by atoms with Crippen LogP contribution in [0.1, 0.15) is 15.9 Å². The van der Waals surface area contributed by atoms with E-state index in [0.717, 1.165) is 6.07 Å². The van der Waals surface area contributed by atoms with Gasteiger partial charge in [-0.05, 0) is 36.4 Å². The molecule has 2 rings (SSSR count). The molecule has 20 heavy (non-hydrogen) atoms. The summed E-state index contributed by atoms with van der Waals surface area (Å²) in [6, 6.07) is 10.0. The smallest absolute Gasteiger partial charge is 0.258 e. The maximum atomic E-state index is 13.6. The van der Waals surface area contributed by atoms with Crippen LogP contribution in [0, 0.1) is 17.1 Å². The average molecular weight is 290 g/mol. The fourth-order valence-corrected chi connectivity index (χ4v) is 1.76. The van der Waals surface area contributed by atoms with Gasteiger partial charge in [-0.1, -0.05) is 11.6 Å². The summed E-state index contributed by atoms with van der Waals surface area (Å²) in [5, 5.41) is 11.5. The fraction of sp³-hybridized carbons (Fsp3) is 0. The SMILES string of the molecule is N#Cc1ccc(Cl)c(NC(=O)c2cc(N)ccc2F)c1. The molecular weight excluding hydrogens is 281 g/mol. The molecule has 0 aliphatic rings. The minimum atomic E-state index is -0.690. The molecule has 0 spiro atoms. The van der Waals surface area contributed by atoms with E-state index in [0.29, 0.717) is 5.56 Å². The molecule has 0 radical (unpaired) electrons. The molecule has 3 N–H and O–H groups in total. The number of amides is 1. The lowest BCUT2D eigenvalue weighted by atomic mass is 10.1. The van der Waals surface area contributed by atoms with Gasteiger partial charge in [0.25, 0.3) is 5.91 Å². The highest BCUT2D eigenvalue weighted by Crippen LogP contribution is 2.24. The molecule has 0 aliphatic heterocycles. The molecule has 0 saturated carbocycles. The number of benzene rings is 2. The van der Waals surface area contributed by atoms with Crippen molar-refractivity contribution in [1.82, 2.24) is 0 Å². The lowest BCUT2D eigenvalue weighted by Gasteiger charge is -2.08. The van der Waals surface area contributed by atoms with Gasteiger partial charge in [-0.15, -0.1) is 0 Å². The molecule has 0 heterocycles. The topological polar surface area (TPSA) is 78.9 Å². The number of nitriles is 1. The maximum absolute atomic E-state index is 13.6. The Kier molecular flexibility index (Phi) is 3.87. The Hall–Kier alpha value is -2.58. The summed E-state index contributed by atoms with van der Waals surface area (Å²) in [4.78, 5) is 12.0. The first kappa shape index (κ1) is 13.8. The summed E-state index contributed by atoms with van der Waals surface area (Å²) in [6.07, 6.45) is 0. The highest BCUT2D eigenvalue weighted by molar-refractivity contribution is 6.34. The molecule has 4 nitrogen and oxygen atoms in total. The second kappa shape index (κ2) is 5.59. The fourth-order valence-electron chi connectivity index (χ4n) is 1.60. The van der Waals surface area contributed by atoms with Crippen molar-refractivity contribution >= 4 is 28.9 Å². The Morgan fingerprint density at radius 2 is 2.05 bits per heavy atom. The minimum Gasteiger partial charge on any atom is -0.399 e. The van der Waals surface area contributed by atoms with E-state index in [1.165, 1.54) is 30.3 Å². The van der Waals surface area contributed by atoms with Crippen LogP contribution in [-0.4, -0.2) is 5.91 Å². The predicted octanol–water partition coefficient (Wildman–Crippen LogP) is 3.19. The average Bonchev–Trinajstić information content (AvgIpc) is 2.43. The second-order valence-corrected chi connectivity index (χ2v) is 4.41. The van der Waals surface area contributed by atoms with Crippen molar-refractivity contribution in [3.8, 4) is 6.07 Å². The Bertz CT molecular complexity index is 725. The van der Waals surface area contributed by atoms with Gasteiger partial charge in [0.05, 0.1) is 27.9 Å². The van der Waals surface area contributed by atoms with Crippen LogP contribution in [0.4, 0.5) is 15.8 Å². The van der Waals surface area contributed by atoms with Crippen molar-refractivity contribution in [2.75, 3.05) is 11.1 Å². The van der Waals surface area contributed by atoms with Crippen molar-refractivity contribution in [1.29, 1.82) is 5.26 Å². The summed E-state index contributed by atoms with van der Waals surface area (Å²) >= 11 is 5.91. The molecule has 0 saturated heterocycles. The number of carbonyl (C=O) groups excluding carboxylic acids is 1. The third-order valence-corrected chi connectivity index (χ3v) is 2.91. The highest BCUT2D eigenvalue weighted by Gasteiger charge is 2.14. The van der Waals surface area contributed by atoms with Gasteiger partial charge in [0.2, 0.25) is 0 Å². The standard InChI is InChI=1S/C14H9ClFN3O/c15-11-3-1-8(7-17)5-13(11)19-14(20)10-6-9(18)2-4-12(10)16/h1-6H,18H2,(H,19,20). The van der Waals surface area contributed by atoms with Crippen LogP contribution >= 0.6 is 11.6 Å². The zero-order valence-electron chi connectivity index (χ0n) is 10.2. The number of anilines is 2. The van der Waals surface area contributed by atoms with Gasteiger partial charge >= 0.3 is 0 Å². The molecular formula is C14H9ClFN3O. The van der Waals surface area contributed by atoms with Gasteiger partial charge in [-0.25, -0.2) is 4.39 Å². The van der Waals surface area contributed by atoms with E-state index in [9.17, 15) is 9.18 Å². The molecule has 0 unspecified atom stereocenters. The van der Waals surface area contributed by atoms with Crippen LogP contribution < -0.4 is 11.1 Å². The molecule has 1 amide bonds. The Labute approximate surface area is 119 Å². The number of halogens is 2. The van der Waals surface area contributed by atoms with E-state index in [1.807, 2.05) is 6.07 Å². The predicted molar refractivity (Wildman–Crippen MR) is 74.9 cm³/mol. The lowest BCUT2D eigenvalue weighted by molar-refractivity contribution is 0.102. The number of nitrogen functional groups attached to an aromatic ring is 1. The van der Waals surface area contributed by atoms with E-state index < -0.39 is 11.7 Å². The molecule has 2 aromatic rings. The number of carbonyl (C=O) groups is 1. The largest absolute Gasteiger partial charge is 0.399 e. The second-order valence-electron chi connectivity index (χ2n) is 4.00. The first-order valence-electron chi connectivity index (χ1n) is 5.57. The number of hydrogen-bond donors (Lipinski definition) is 2. The van der Waals surface area contributed by atoms with Crippen molar-refractivity contribution in [3.63, 3.8) is 0 Å². The van der Waals surface area contributed by atoms with Crippen molar-refractivity contribution in [2.45, 2.75) is 0 Å². The Morgan fingerprint density at radius 3 is 2.75 bits per heavy atom. The summed E-state index contributed by atoms with van der Waals surface area (Å²) < 4.78 is 13.6. The minimum absolute atomic E-state index is 0.191. The van der Waals surface area contributed by atoms with Crippen LogP contribution in [0.5, 0.6) is 0 Å². The number of nitrogens with two attached hydrogens (primary N) is 1. The van der Waals surface area contributed by atoms with Crippen molar-refractivity contribution in [2.24, 2.45) is 0 Å². The third-order valence-electron chi connectivity index (χ3n) is 2.58. The number of nitrogens with zero attached hydrogens (tertiary/aromatic N) is 1. The van der Waals surface area contributed by atoms with Gasteiger partial charge in [-0.3, -0.25) is 4.79 Å². The van der Waals surface area contributed by atoms with Gasteiger partial charge in [-0.2, -0.15) is 5.26 Å². The normalized spacial score (nSPS) is 9.85. The molecule has 6 heteroatoms. The van der Waals surface area contributed by atoms with Crippen LogP contribution in [0.3, 0.4) is 0 Å². The van der Waals surface area contributed by atoms with E-state index in [4.69, 9.17) is 22.6 Å². The van der Waals surface area contributed by atoms with Gasteiger partial charge in [0.15, 0.2) is 0 Å². The zero-order chi connectivity index (χ0) is 14.7. The molecule has 0 atom stereocenters. The molecule has 100 valence electrons. The van der Waals surface area contributed by atoms with E-state index in [1.54, 1.807) is 0 Å². The Morgan fingerprint density at radius 1 is 1.30 bits per heavy atom. The van der Waals surface area contributed by atoms with Crippen LogP contribution in [-0.2, 0) is 0 Å². The van der Waals surface area contributed by atoms with E-state index in [2.05, 4.69) is 5.32 Å².